The molecule has 0 radical (unpaired) electrons. The molecule has 0 saturated carbocycles. The van der Waals surface area contributed by atoms with E-state index in [4.69, 9.17) is 4.42 Å². The van der Waals surface area contributed by atoms with Gasteiger partial charge in [-0.05, 0) is 36.2 Å². The van der Waals surface area contributed by atoms with Gasteiger partial charge in [0.1, 0.15) is 5.52 Å². The lowest BCUT2D eigenvalue weighted by molar-refractivity contribution is -0.114. The van der Waals surface area contributed by atoms with Crippen molar-refractivity contribution in [2.24, 2.45) is 0 Å². The van der Waals surface area contributed by atoms with E-state index in [9.17, 15) is 4.79 Å². The van der Waals surface area contributed by atoms with Gasteiger partial charge in [0.25, 0.3) is 0 Å². The number of nitrogens with one attached hydrogen (secondary N) is 1. The fourth-order valence-electron chi connectivity index (χ4n) is 2.34. The molecule has 1 N–H and O–H groups in total. The summed E-state index contributed by atoms with van der Waals surface area (Å²) >= 11 is 0. The third kappa shape index (κ3) is 2.94. The molecule has 2 aromatic carbocycles. The molecule has 106 valence electrons. The standard InChI is InChI=1S/C17H16N2O2/c1-11-5-3-8-15-17(11)19-16(21-15)10-13-6-4-7-14(9-13)18-12(2)20/h3-9H,10H2,1-2H3,(H,18,20). The normalized spacial score (nSPS) is 10.8. The lowest BCUT2D eigenvalue weighted by atomic mass is 10.1. The van der Waals surface area contributed by atoms with Gasteiger partial charge >= 0.3 is 0 Å². The first-order chi connectivity index (χ1) is 10.1. The van der Waals surface area contributed by atoms with Gasteiger partial charge < -0.3 is 9.73 Å². The van der Waals surface area contributed by atoms with E-state index in [-0.39, 0.29) is 5.91 Å². The van der Waals surface area contributed by atoms with Gasteiger partial charge in [0.05, 0.1) is 0 Å². The third-order valence-electron chi connectivity index (χ3n) is 3.27. The van der Waals surface area contributed by atoms with Gasteiger partial charge in [-0.1, -0.05) is 24.3 Å². The van der Waals surface area contributed by atoms with Crippen molar-refractivity contribution in [1.29, 1.82) is 0 Å². The van der Waals surface area contributed by atoms with E-state index in [0.29, 0.717) is 12.3 Å². The van der Waals surface area contributed by atoms with Crippen molar-refractivity contribution in [3.8, 4) is 0 Å². The predicted molar refractivity (Wildman–Crippen MR) is 82.3 cm³/mol. The Morgan fingerprint density at radius 3 is 2.81 bits per heavy atom. The molecule has 0 aliphatic heterocycles. The van der Waals surface area contributed by atoms with Crippen LogP contribution >= 0.6 is 0 Å². The van der Waals surface area contributed by atoms with Gasteiger partial charge in [0.2, 0.25) is 5.91 Å². The Bertz CT molecular complexity index is 805. The van der Waals surface area contributed by atoms with E-state index >= 15 is 0 Å². The SMILES string of the molecule is CC(=O)Nc1cccc(Cc2nc3c(C)cccc3o2)c1. The first-order valence-corrected chi connectivity index (χ1v) is 6.83. The van der Waals surface area contributed by atoms with E-state index in [2.05, 4.69) is 10.3 Å². The van der Waals surface area contributed by atoms with Crippen LogP contribution in [0.4, 0.5) is 5.69 Å². The largest absolute Gasteiger partial charge is 0.440 e. The maximum Gasteiger partial charge on any atom is 0.221 e. The monoisotopic (exact) mass is 280 g/mol. The molecule has 1 heterocycles. The Balaban J connectivity index is 1.88. The summed E-state index contributed by atoms with van der Waals surface area (Å²) in [4.78, 5) is 15.6. The van der Waals surface area contributed by atoms with Crippen LogP contribution in [0.3, 0.4) is 0 Å². The molecule has 0 atom stereocenters. The lowest BCUT2D eigenvalue weighted by Crippen LogP contribution is -2.05. The van der Waals surface area contributed by atoms with Crippen LogP contribution < -0.4 is 5.32 Å². The number of nitrogens with zero attached hydrogens (tertiary/aromatic N) is 1. The zero-order valence-corrected chi connectivity index (χ0v) is 12.0. The summed E-state index contributed by atoms with van der Waals surface area (Å²) in [6, 6.07) is 13.6. The number of carbonyl (C=O) groups excluding carboxylic acids is 1. The maximum atomic E-state index is 11.1. The summed E-state index contributed by atoms with van der Waals surface area (Å²) in [5, 5.41) is 2.78. The maximum absolute atomic E-state index is 11.1. The van der Waals surface area contributed by atoms with Gasteiger partial charge in [-0.15, -0.1) is 0 Å². The Morgan fingerprint density at radius 2 is 2.05 bits per heavy atom. The number of hydrogen-bond donors (Lipinski definition) is 1. The summed E-state index contributed by atoms with van der Waals surface area (Å²) in [5.74, 6) is 0.601. The number of aryl methyl sites for hydroxylation is 1. The number of benzene rings is 2. The van der Waals surface area contributed by atoms with E-state index < -0.39 is 0 Å². The molecule has 0 bridgehead atoms. The Hall–Kier alpha value is -2.62. The third-order valence-corrected chi connectivity index (χ3v) is 3.27. The van der Waals surface area contributed by atoms with Crippen LogP contribution in [-0.4, -0.2) is 10.9 Å². The molecule has 1 amide bonds. The molecule has 21 heavy (non-hydrogen) atoms. The highest BCUT2D eigenvalue weighted by molar-refractivity contribution is 5.88. The molecule has 3 rings (SSSR count). The molecule has 0 saturated heterocycles. The second-order valence-corrected chi connectivity index (χ2v) is 5.09. The van der Waals surface area contributed by atoms with Crippen LogP contribution in [0, 0.1) is 6.92 Å². The molecular weight excluding hydrogens is 264 g/mol. The highest BCUT2D eigenvalue weighted by Gasteiger charge is 2.08. The first-order valence-electron chi connectivity index (χ1n) is 6.83. The zero-order valence-electron chi connectivity index (χ0n) is 12.0. The Labute approximate surface area is 122 Å². The summed E-state index contributed by atoms with van der Waals surface area (Å²) < 4.78 is 5.78. The number of para-hydroxylation sites is 1. The van der Waals surface area contributed by atoms with Crippen molar-refractivity contribution >= 4 is 22.7 Å². The van der Waals surface area contributed by atoms with Crippen molar-refractivity contribution < 1.29 is 9.21 Å². The predicted octanol–water partition coefficient (Wildman–Crippen LogP) is 3.69. The zero-order chi connectivity index (χ0) is 14.8. The second kappa shape index (κ2) is 5.40. The second-order valence-electron chi connectivity index (χ2n) is 5.09. The topological polar surface area (TPSA) is 55.1 Å². The first kappa shape index (κ1) is 13.4. The van der Waals surface area contributed by atoms with Crippen LogP contribution in [0.25, 0.3) is 11.1 Å². The number of fused-ring (bicyclic) bond motifs is 1. The molecule has 4 heteroatoms. The highest BCUT2D eigenvalue weighted by Crippen LogP contribution is 2.21. The fourth-order valence-corrected chi connectivity index (χ4v) is 2.34. The summed E-state index contributed by atoms with van der Waals surface area (Å²) in [7, 11) is 0. The number of oxazole rings is 1. The van der Waals surface area contributed by atoms with Crippen LogP contribution in [0.2, 0.25) is 0 Å². The van der Waals surface area contributed by atoms with E-state index in [1.165, 1.54) is 6.92 Å². The van der Waals surface area contributed by atoms with E-state index in [0.717, 1.165) is 27.9 Å². The van der Waals surface area contributed by atoms with Crippen molar-refractivity contribution in [3.05, 3.63) is 59.5 Å². The highest BCUT2D eigenvalue weighted by atomic mass is 16.3. The number of rotatable bonds is 3. The van der Waals surface area contributed by atoms with Crippen molar-refractivity contribution in [1.82, 2.24) is 4.98 Å². The van der Waals surface area contributed by atoms with Gasteiger partial charge in [-0.2, -0.15) is 0 Å². The van der Waals surface area contributed by atoms with Crippen molar-refractivity contribution in [3.63, 3.8) is 0 Å². The molecule has 0 fully saturated rings. The van der Waals surface area contributed by atoms with Crippen LogP contribution in [0.1, 0.15) is 23.9 Å². The van der Waals surface area contributed by atoms with Gasteiger partial charge in [-0.3, -0.25) is 4.79 Å². The van der Waals surface area contributed by atoms with Gasteiger partial charge in [0, 0.05) is 19.0 Å². The quantitative estimate of drug-likeness (QED) is 0.796. The van der Waals surface area contributed by atoms with Crippen LogP contribution in [-0.2, 0) is 11.2 Å². The van der Waals surface area contributed by atoms with Crippen molar-refractivity contribution in [2.45, 2.75) is 20.3 Å². The minimum Gasteiger partial charge on any atom is -0.440 e. The summed E-state index contributed by atoms with van der Waals surface area (Å²) in [6.45, 7) is 3.52. The molecule has 0 unspecified atom stereocenters. The van der Waals surface area contributed by atoms with E-state index in [1.54, 1.807) is 0 Å². The Morgan fingerprint density at radius 1 is 1.24 bits per heavy atom. The smallest absolute Gasteiger partial charge is 0.221 e. The Kier molecular flexibility index (Phi) is 3.44. The molecule has 3 aromatic rings. The molecule has 0 aliphatic rings. The van der Waals surface area contributed by atoms with Crippen molar-refractivity contribution in [2.75, 3.05) is 5.32 Å². The van der Waals surface area contributed by atoms with Gasteiger partial charge in [-0.25, -0.2) is 4.98 Å². The number of carbonyl (C=O) groups is 1. The summed E-state index contributed by atoms with van der Waals surface area (Å²) in [5.41, 5.74) is 4.65. The number of amides is 1. The number of hydrogen-bond acceptors (Lipinski definition) is 3. The molecular formula is C17H16N2O2. The molecule has 0 aliphatic carbocycles. The summed E-state index contributed by atoms with van der Waals surface area (Å²) in [6.07, 6.45) is 0.599. The average Bonchev–Trinajstić information content (AvgIpc) is 2.82. The van der Waals surface area contributed by atoms with Gasteiger partial charge in [0.15, 0.2) is 11.5 Å². The molecule has 0 spiro atoms. The average molecular weight is 280 g/mol. The fraction of sp³-hybridized carbons (Fsp3) is 0.176. The minimum atomic E-state index is -0.0790. The minimum absolute atomic E-state index is 0.0790. The molecule has 4 nitrogen and oxygen atoms in total. The van der Waals surface area contributed by atoms with E-state index in [1.807, 2.05) is 49.4 Å². The van der Waals surface area contributed by atoms with Crippen LogP contribution in [0.15, 0.2) is 46.9 Å². The molecule has 1 aromatic heterocycles. The van der Waals surface area contributed by atoms with Crippen LogP contribution in [0.5, 0.6) is 0 Å². The lowest BCUT2D eigenvalue weighted by Gasteiger charge is -2.04. The number of aromatic nitrogens is 1. The number of anilines is 1.